The largest absolute Gasteiger partial charge is 0.325 e. The lowest BCUT2D eigenvalue weighted by Crippen LogP contribution is -2.40. The third-order valence-electron chi connectivity index (χ3n) is 4.10. The van der Waals surface area contributed by atoms with Crippen LogP contribution in [0.3, 0.4) is 0 Å². The van der Waals surface area contributed by atoms with Crippen LogP contribution in [-0.4, -0.2) is 16.8 Å². The van der Waals surface area contributed by atoms with Crippen molar-refractivity contribution < 1.29 is 14.0 Å². The van der Waals surface area contributed by atoms with Gasteiger partial charge in [0.25, 0.3) is 5.91 Å². The van der Waals surface area contributed by atoms with E-state index < -0.39 is 17.5 Å². The fraction of sp³-hybridized carbons (Fsp3) is 0.167. The number of nitrogens with zero attached hydrogens (tertiary/aromatic N) is 2. The summed E-state index contributed by atoms with van der Waals surface area (Å²) < 4.78 is 13.0. The summed E-state index contributed by atoms with van der Waals surface area (Å²) in [6.45, 7) is 1.66. The summed E-state index contributed by atoms with van der Waals surface area (Å²) in [7, 11) is 0. The number of benzene rings is 2. The number of hydrogen-bond acceptors (Lipinski definition) is 3. The van der Waals surface area contributed by atoms with E-state index in [1.165, 1.54) is 24.3 Å². The van der Waals surface area contributed by atoms with Crippen molar-refractivity contribution in [1.82, 2.24) is 10.2 Å². The molecule has 0 spiro atoms. The van der Waals surface area contributed by atoms with Gasteiger partial charge in [-0.3, -0.25) is 9.69 Å². The molecule has 2 aromatic carbocycles. The van der Waals surface area contributed by atoms with Crippen molar-refractivity contribution in [3.8, 4) is 6.07 Å². The third kappa shape index (κ3) is 2.61. The van der Waals surface area contributed by atoms with Crippen molar-refractivity contribution in [1.29, 1.82) is 5.26 Å². The van der Waals surface area contributed by atoms with Crippen LogP contribution >= 0.6 is 0 Å². The summed E-state index contributed by atoms with van der Waals surface area (Å²) in [5.74, 6) is -0.791. The van der Waals surface area contributed by atoms with Gasteiger partial charge in [-0.2, -0.15) is 5.26 Å². The Balaban J connectivity index is 1.90. The van der Waals surface area contributed by atoms with Crippen LogP contribution in [0.2, 0.25) is 0 Å². The standard InChI is InChI=1S/C18H14FN3O2/c1-18(14-4-2-3-13(9-14)10-20)16(23)22(17(24)21-18)11-12-5-7-15(19)8-6-12/h2-9H,11H2,1H3,(H,21,24). The summed E-state index contributed by atoms with van der Waals surface area (Å²) in [5, 5.41) is 11.7. The van der Waals surface area contributed by atoms with Gasteiger partial charge in [0.05, 0.1) is 18.2 Å². The lowest BCUT2D eigenvalue weighted by Gasteiger charge is -2.22. The van der Waals surface area contributed by atoms with E-state index in [9.17, 15) is 14.0 Å². The van der Waals surface area contributed by atoms with Crippen molar-refractivity contribution in [2.75, 3.05) is 0 Å². The Morgan fingerprint density at radius 2 is 1.92 bits per heavy atom. The summed E-state index contributed by atoms with van der Waals surface area (Å²) in [6.07, 6.45) is 0. The summed E-state index contributed by atoms with van der Waals surface area (Å²) >= 11 is 0. The number of nitrogens with one attached hydrogen (secondary N) is 1. The molecular formula is C18H14FN3O2. The highest BCUT2D eigenvalue weighted by Gasteiger charge is 2.48. The number of urea groups is 1. The molecule has 24 heavy (non-hydrogen) atoms. The fourth-order valence-electron chi connectivity index (χ4n) is 2.71. The maximum atomic E-state index is 13.0. The maximum Gasteiger partial charge on any atom is 0.325 e. The third-order valence-corrected chi connectivity index (χ3v) is 4.10. The molecule has 0 bridgehead atoms. The minimum Gasteiger partial charge on any atom is -0.319 e. The van der Waals surface area contributed by atoms with E-state index in [2.05, 4.69) is 5.32 Å². The van der Waals surface area contributed by atoms with Crippen LogP contribution in [0.25, 0.3) is 0 Å². The van der Waals surface area contributed by atoms with Gasteiger partial charge in [0.15, 0.2) is 0 Å². The highest BCUT2D eigenvalue weighted by molar-refractivity contribution is 6.07. The Hall–Kier alpha value is -3.20. The molecule has 6 heteroatoms. The second-order valence-corrected chi connectivity index (χ2v) is 5.77. The molecule has 1 atom stereocenters. The smallest absolute Gasteiger partial charge is 0.319 e. The molecule has 1 saturated heterocycles. The van der Waals surface area contributed by atoms with E-state index in [0.29, 0.717) is 16.7 Å². The molecule has 1 aliphatic rings. The van der Waals surface area contributed by atoms with Gasteiger partial charge in [-0.1, -0.05) is 24.3 Å². The van der Waals surface area contributed by atoms with Gasteiger partial charge >= 0.3 is 6.03 Å². The predicted molar refractivity (Wildman–Crippen MR) is 84.0 cm³/mol. The Morgan fingerprint density at radius 3 is 2.58 bits per heavy atom. The Bertz CT molecular complexity index is 857. The van der Waals surface area contributed by atoms with Crippen LogP contribution in [0.1, 0.15) is 23.6 Å². The summed E-state index contributed by atoms with van der Waals surface area (Å²) in [4.78, 5) is 26.1. The minimum atomic E-state index is -1.23. The second-order valence-electron chi connectivity index (χ2n) is 5.77. The summed E-state index contributed by atoms with van der Waals surface area (Å²) in [6, 6.07) is 13.7. The van der Waals surface area contributed by atoms with Crippen molar-refractivity contribution in [2.45, 2.75) is 19.0 Å². The van der Waals surface area contributed by atoms with Crippen LogP contribution in [0.5, 0.6) is 0 Å². The molecule has 0 saturated carbocycles. The summed E-state index contributed by atoms with van der Waals surface area (Å²) in [5.41, 5.74) is 0.369. The number of nitriles is 1. The first-order valence-electron chi connectivity index (χ1n) is 7.33. The van der Waals surface area contributed by atoms with Crippen molar-refractivity contribution >= 4 is 11.9 Å². The number of hydrogen-bond donors (Lipinski definition) is 1. The van der Waals surface area contributed by atoms with E-state index in [1.54, 1.807) is 31.2 Å². The van der Waals surface area contributed by atoms with Gasteiger partial charge in [-0.05, 0) is 42.3 Å². The average Bonchev–Trinajstić information content (AvgIpc) is 2.81. The minimum absolute atomic E-state index is 0.0540. The first-order valence-corrected chi connectivity index (χ1v) is 7.33. The molecule has 120 valence electrons. The van der Waals surface area contributed by atoms with Gasteiger partial charge in [0.1, 0.15) is 11.4 Å². The molecule has 3 amide bonds. The molecule has 2 aromatic rings. The SMILES string of the molecule is CC1(c2cccc(C#N)c2)NC(=O)N(Cc2ccc(F)cc2)C1=O. The molecule has 3 rings (SSSR count). The van der Waals surface area contributed by atoms with E-state index in [1.807, 2.05) is 6.07 Å². The molecule has 5 nitrogen and oxygen atoms in total. The molecule has 1 heterocycles. The van der Waals surface area contributed by atoms with Crippen molar-refractivity contribution in [3.05, 3.63) is 71.0 Å². The van der Waals surface area contributed by atoms with Crippen LogP contribution in [0.15, 0.2) is 48.5 Å². The van der Waals surface area contributed by atoms with Crippen molar-refractivity contribution in [3.63, 3.8) is 0 Å². The molecule has 0 aliphatic carbocycles. The Morgan fingerprint density at radius 1 is 1.21 bits per heavy atom. The van der Waals surface area contributed by atoms with Crippen LogP contribution in [0, 0.1) is 17.1 Å². The fourth-order valence-corrected chi connectivity index (χ4v) is 2.71. The molecule has 0 radical (unpaired) electrons. The Kier molecular flexibility index (Phi) is 3.78. The van der Waals surface area contributed by atoms with Gasteiger partial charge < -0.3 is 5.32 Å². The molecule has 1 N–H and O–H groups in total. The number of imide groups is 1. The first kappa shape index (κ1) is 15.7. The number of carbonyl (C=O) groups is 2. The normalized spacial score (nSPS) is 20.0. The second kappa shape index (κ2) is 5.78. The van der Waals surface area contributed by atoms with Crippen LogP contribution in [-0.2, 0) is 16.9 Å². The molecule has 1 unspecified atom stereocenters. The van der Waals surface area contributed by atoms with E-state index in [0.717, 1.165) is 4.90 Å². The lowest BCUT2D eigenvalue weighted by atomic mass is 9.91. The molecule has 0 aromatic heterocycles. The van der Waals surface area contributed by atoms with Crippen LogP contribution < -0.4 is 5.32 Å². The molecular weight excluding hydrogens is 309 g/mol. The molecule has 1 fully saturated rings. The Labute approximate surface area is 138 Å². The maximum absolute atomic E-state index is 13.0. The van der Waals surface area contributed by atoms with Gasteiger partial charge in [0, 0.05) is 0 Å². The highest BCUT2D eigenvalue weighted by Crippen LogP contribution is 2.30. The van der Waals surface area contributed by atoms with Gasteiger partial charge in [0.2, 0.25) is 0 Å². The monoisotopic (exact) mass is 323 g/mol. The number of amides is 3. The van der Waals surface area contributed by atoms with E-state index in [-0.39, 0.29) is 12.4 Å². The average molecular weight is 323 g/mol. The number of carbonyl (C=O) groups excluding carboxylic acids is 2. The predicted octanol–water partition coefficient (Wildman–Crippen LogP) is 2.66. The van der Waals surface area contributed by atoms with Crippen molar-refractivity contribution in [2.24, 2.45) is 0 Å². The zero-order valence-electron chi connectivity index (χ0n) is 12.9. The van der Waals surface area contributed by atoms with Crippen LogP contribution in [0.4, 0.5) is 9.18 Å². The number of halogens is 1. The molecule has 1 aliphatic heterocycles. The van der Waals surface area contributed by atoms with Gasteiger partial charge in [-0.15, -0.1) is 0 Å². The highest BCUT2D eigenvalue weighted by atomic mass is 19.1. The quantitative estimate of drug-likeness (QED) is 0.883. The van der Waals surface area contributed by atoms with E-state index >= 15 is 0 Å². The van der Waals surface area contributed by atoms with E-state index in [4.69, 9.17) is 5.26 Å². The first-order chi connectivity index (χ1) is 11.4. The van der Waals surface area contributed by atoms with Gasteiger partial charge in [-0.25, -0.2) is 9.18 Å². The topological polar surface area (TPSA) is 73.2 Å². The zero-order valence-corrected chi connectivity index (χ0v) is 12.9. The lowest BCUT2D eigenvalue weighted by molar-refractivity contribution is -0.131. The zero-order chi connectivity index (χ0) is 17.3. The number of rotatable bonds is 3.